The zero-order valence-electron chi connectivity index (χ0n) is 9.90. The van der Waals surface area contributed by atoms with Crippen LogP contribution in [0.1, 0.15) is 23.3 Å². The summed E-state index contributed by atoms with van der Waals surface area (Å²) in [6.45, 7) is 1.10. The molecule has 2 rings (SSSR count). The Morgan fingerprint density at radius 3 is 2.71 bits per heavy atom. The first-order valence-corrected chi connectivity index (χ1v) is 6.25. The van der Waals surface area contributed by atoms with Crippen LogP contribution in [-0.2, 0) is 16.5 Å². The van der Waals surface area contributed by atoms with Gasteiger partial charge < -0.3 is 9.47 Å². The number of ketones is 1. The van der Waals surface area contributed by atoms with Gasteiger partial charge in [0.25, 0.3) is 0 Å². The number of ether oxygens (including phenoxy) is 2. The molecule has 0 amide bonds. The molecule has 5 nitrogen and oxygen atoms in total. The fraction of sp³-hybridized carbons (Fsp3) is 0.636. The van der Waals surface area contributed by atoms with Crippen molar-refractivity contribution in [2.75, 3.05) is 20.3 Å². The second-order valence-electron chi connectivity index (χ2n) is 4.10. The van der Waals surface area contributed by atoms with E-state index in [1.165, 1.54) is 0 Å². The largest absolute Gasteiger partial charge is 0.381 e. The summed E-state index contributed by atoms with van der Waals surface area (Å²) in [5, 5.41) is 4.06. The average Bonchev–Trinajstić information content (AvgIpc) is 2.69. The van der Waals surface area contributed by atoms with Crippen LogP contribution in [0.25, 0.3) is 0 Å². The molecule has 1 aliphatic heterocycles. The molecule has 0 bridgehead atoms. The fourth-order valence-electron chi connectivity index (χ4n) is 2.11. The molecule has 1 aromatic heterocycles. The standard InChI is InChI=1S/C11H15BrN2O3/c1-14-9(8(12)7-13-14)10(15)11(16-2)3-5-17-6-4-11/h7H,3-6H2,1-2H3. The zero-order valence-corrected chi connectivity index (χ0v) is 11.5. The van der Waals surface area contributed by atoms with Crippen molar-refractivity contribution in [2.24, 2.45) is 7.05 Å². The normalized spacial score (nSPS) is 19.2. The summed E-state index contributed by atoms with van der Waals surface area (Å²) >= 11 is 3.35. The molecular weight excluding hydrogens is 288 g/mol. The maximum atomic E-state index is 12.6. The molecule has 2 heterocycles. The van der Waals surface area contributed by atoms with Crippen molar-refractivity contribution in [3.05, 3.63) is 16.4 Å². The number of hydrogen-bond acceptors (Lipinski definition) is 4. The lowest BCUT2D eigenvalue weighted by Gasteiger charge is -2.34. The Balaban J connectivity index is 2.35. The van der Waals surface area contributed by atoms with E-state index in [1.807, 2.05) is 0 Å². The summed E-state index contributed by atoms with van der Waals surface area (Å²) in [4.78, 5) is 12.6. The van der Waals surface area contributed by atoms with E-state index in [1.54, 1.807) is 25.0 Å². The van der Waals surface area contributed by atoms with Crippen LogP contribution in [0.2, 0.25) is 0 Å². The third kappa shape index (κ3) is 2.17. The van der Waals surface area contributed by atoms with Crippen molar-refractivity contribution in [3.63, 3.8) is 0 Å². The van der Waals surface area contributed by atoms with Crippen LogP contribution in [0.3, 0.4) is 0 Å². The van der Waals surface area contributed by atoms with Gasteiger partial charge in [-0.05, 0) is 15.9 Å². The summed E-state index contributed by atoms with van der Waals surface area (Å²) in [6.07, 6.45) is 2.79. The third-order valence-corrected chi connectivity index (χ3v) is 3.79. The number of carbonyl (C=O) groups excluding carboxylic acids is 1. The van der Waals surface area contributed by atoms with Gasteiger partial charge in [0, 0.05) is 40.2 Å². The van der Waals surface area contributed by atoms with E-state index in [9.17, 15) is 4.79 Å². The van der Waals surface area contributed by atoms with E-state index in [-0.39, 0.29) is 5.78 Å². The highest BCUT2D eigenvalue weighted by molar-refractivity contribution is 9.10. The van der Waals surface area contributed by atoms with E-state index in [4.69, 9.17) is 9.47 Å². The number of Topliss-reactive ketones (excluding diaryl/α,β-unsaturated/α-hetero) is 1. The Morgan fingerprint density at radius 1 is 1.59 bits per heavy atom. The van der Waals surface area contributed by atoms with E-state index in [0.29, 0.717) is 36.2 Å². The Bertz CT molecular complexity index is 405. The first-order valence-electron chi connectivity index (χ1n) is 5.46. The number of methoxy groups -OCH3 is 1. The molecule has 0 aliphatic carbocycles. The molecule has 17 heavy (non-hydrogen) atoms. The molecule has 0 unspecified atom stereocenters. The van der Waals surface area contributed by atoms with Crippen LogP contribution in [0, 0.1) is 0 Å². The van der Waals surface area contributed by atoms with Crippen molar-refractivity contribution in [1.82, 2.24) is 9.78 Å². The lowest BCUT2D eigenvalue weighted by molar-refractivity contribution is -0.0667. The highest BCUT2D eigenvalue weighted by atomic mass is 79.9. The molecule has 0 aromatic carbocycles. The summed E-state index contributed by atoms with van der Waals surface area (Å²) in [5.74, 6) is -0.0322. The van der Waals surface area contributed by atoms with Gasteiger partial charge in [-0.1, -0.05) is 0 Å². The van der Waals surface area contributed by atoms with Gasteiger partial charge in [0.2, 0.25) is 5.78 Å². The van der Waals surface area contributed by atoms with Crippen molar-refractivity contribution in [1.29, 1.82) is 0 Å². The van der Waals surface area contributed by atoms with Gasteiger partial charge in [0.1, 0.15) is 11.3 Å². The van der Waals surface area contributed by atoms with Crippen LogP contribution in [0.4, 0.5) is 0 Å². The number of aryl methyl sites for hydroxylation is 1. The molecule has 0 spiro atoms. The van der Waals surface area contributed by atoms with Crippen molar-refractivity contribution in [2.45, 2.75) is 18.4 Å². The van der Waals surface area contributed by atoms with Crippen LogP contribution in [0.15, 0.2) is 10.7 Å². The Labute approximate surface area is 108 Å². The van der Waals surface area contributed by atoms with Crippen molar-refractivity contribution < 1.29 is 14.3 Å². The summed E-state index contributed by atoms with van der Waals surface area (Å²) in [5.41, 5.74) is -0.220. The van der Waals surface area contributed by atoms with Gasteiger partial charge >= 0.3 is 0 Å². The van der Waals surface area contributed by atoms with Gasteiger partial charge in [-0.3, -0.25) is 9.48 Å². The lowest BCUT2D eigenvalue weighted by Crippen LogP contribution is -2.46. The summed E-state index contributed by atoms with van der Waals surface area (Å²) in [7, 11) is 3.33. The monoisotopic (exact) mass is 302 g/mol. The van der Waals surface area contributed by atoms with Crippen LogP contribution >= 0.6 is 15.9 Å². The van der Waals surface area contributed by atoms with E-state index in [0.717, 1.165) is 0 Å². The van der Waals surface area contributed by atoms with Gasteiger partial charge in [0.05, 0.1) is 10.7 Å². The minimum atomic E-state index is -0.769. The molecule has 1 saturated heterocycles. The van der Waals surface area contributed by atoms with Gasteiger partial charge in [-0.25, -0.2) is 0 Å². The number of halogens is 1. The van der Waals surface area contributed by atoms with E-state index < -0.39 is 5.60 Å². The molecule has 6 heteroatoms. The number of carbonyl (C=O) groups is 1. The predicted molar refractivity (Wildman–Crippen MR) is 65.0 cm³/mol. The number of aromatic nitrogens is 2. The van der Waals surface area contributed by atoms with Crippen LogP contribution < -0.4 is 0 Å². The van der Waals surface area contributed by atoms with Gasteiger partial charge in [-0.15, -0.1) is 0 Å². The van der Waals surface area contributed by atoms with Gasteiger partial charge in [0.15, 0.2) is 0 Å². The van der Waals surface area contributed by atoms with Crippen molar-refractivity contribution in [3.8, 4) is 0 Å². The molecule has 0 atom stereocenters. The average molecular weight is 303 g/mol. The smallest absolute Gasteiger partial charge is 0.213 e. The molecule has 0 radical (unpaired) electrons. The fourth-order valence-corrected chi connectivity index (χ4v) is 2.64. The van der Waals surface area contributed by atoms with Gasteiger partial charge in [-0.2, -0.15) is 5.10 Å². The Morgan fingerprint density at radius 2 is 2.24 bits per heavy atom. The number of rotatable bonds is 3. The summed E-state index contributed by atoms with van der Waals surface area (Å²) < 4.78 is 13.0. The van der Waals surface area contributed by atoms with Crippen LogP contribution in [0.5, 0.6) is 0 Å². The minimum absolute atomic E-state index is 0.0322. The van der Waals surface area contributed by atoms with Crippen molar-refractivity contribution >= 4 is 21.7 Å². The maximum absolute atomic E-state index is 12.6. The first-order chi connectivity index (χ1) is 8.10. The topological polar surface area (TPSA) is 53.3 Å². The molecule has 1 aliphatic rings. The number of hydrogen-bond donors (Lipinski definition) is 0. The predicted octanol–water partition coefficient (Wildman–Crippen LogP) is 1.56. The maximum Gasteiger partial charge on any atom is 0.213 e. The lowest BCUT2D eigenvalue weighted by atomic mass is 9.87. The first kappa shape index (κ1) is 12.7. The molecule has 0 N–H and O–H groups in total. The molecule has 1 fully saturated rings. The minimum Gasteiger partial charge on any atom is -0.381 e. The SMILES string of the molecule is COC1(C(=O)c2c(Br)cnn2C)CCOCC1. The third-order valence-electron chi connectivity index (χ3n) is 3.21. The Kier molecular flexibility index (Phi) is 3.65. The number of nitrogens with zero attached hydrogens (tertiary/aromatic N) is 2. The Hall–Kier alpha value is -0.720. The van der Waals surface area contributed by atoms with E-state index >= 15 is 0 Å². The van der Waals surface area contributed by atoms with Crippen LogP contribution in [-0.4, -0.2) is 41.5 Å². The quantitative estimate of drug-likeness (QED) is 0.795. The molecule has 0 saturated carbocycles. The second-order valence-corrected chi connectivity index (χ2v) is 4.96. The van der Waals surface area contributed by atoms with E-state index in [2.05, 4.69) is 21.0 Å². The highest BCUT2D eigenvalue weighted by Crippen LogP contribution is 2.31. The molecule has 94 valence electrons. The molecular formula is C11H15BrN2O3. The molecule has 1 aromatic rings. The highest BCUT2D eigenvalue weighted by Gasteiger charge is 2.42. The zero-order chi connectivity index (χ0) is 12.5. The second kappa shape index (κ2) is 4.88. The summed E-state index contributed by atoms with van der Waals surface area (Å²) in [6, 6.07) is 0.